The van der Waals surface area contributed by atoms with E-state index in [1.807, 2.05) is 30.3 Å². The molecular formula is C17H20O4S. The van der Waals surface area contributed by atoms with E-state index in [0.717, 1.165) is 11.1 Å². The Morgan fingerprint density at radius 3 is 1.95 bits per heavy atom. The van der Waals surface area contributed by atoms with Crippen LogP contribution in [0.5, 0.6) is 0 Å². The fourth-order valence-corrected chi connectivity index (χ4v) is 3.01. The summed E-state index contributed by atoms with van der Waals surface area (Å²) >= 11 is 0. The van der Waals surface area contributed by atoms with Crippen molar-refractivity contribution in [3.8, 4) is 0 Å². The van der Waals surface area contributed by atoms with Gasteiger partial charge in [0.1, 0.15) is 0 Å². The van der Waals surface area contributed by atoms with E-state index in [-0.39, 0.29) is 11.0 Å². The average molecular weight is 320 g/mol. The van der Waals surface area contributed by atoms with E-state index in [4.69, 9.17) is 8.92 Å². The molecule has 4 nitrogen and oxygen atoms in total. The quantitative estimate of drug-likeness (QED) is 0.733. The maximum Gasteiger partial charge on any atom is 0.297 e. The van der Waals surface area contributed by atoms with Gasteiger partial charge < -0.3 is 4.74 Å². The zero-order chi connectivity index (χ0) is 16.0. The topological polar surface area (TPSA) is 52.6 Å². The van der Waals surface area contributed by atoms with Gasteiger partial charge in [0, 0.05) is 0 Å². The molecule has 5 heteroatoms. The van der Waals surface area contributed by atoms with Gasteiger partial charge in [-0.2, -0.15) is 8.42 Å². The molecule has 2 aromatic rings. The summed E-state index contributed by atoms with van der Waals surface area (Å²) in [6, 6.07) is 16.4. The van der Waals surface area contributed by atoms with E-state index >= 15 is 0 Å². The molecule has 22 heavy (non-hydrogen) atoms. The smallest absolute Gasteiger partial charge is 0.297 e. The minimum absolute atomic E-state index is 0.160. The van der Waals surface area contributed by atoms with Crippen molar-refractivity contribution in [1.82, 2.24) is 0 Å². The molecule has 0 heterocycles. The normalized spacial score (nSPS) is 11.8. The third-order valence-corrected chi connectivity index (χ3v) is 4.40. The molecule has 0 aromatic heterocycles. The molecule has 0 saturated heterocycles. The van der Waals surface area contributed by atoms with Crippen LogP contribution >= 0.6 is 0 Å². The largest absolute Gasteiger partial charge is 0.372 e. The Bertz CT molecular complexity index is 676. The lowest BCUT2D eigenvalue weighted by Gasteiger charge is -2.09. The predicted molar refractivity (Wildman–Crippen MR) is 84.8 cm³/mol. The Morgan fingerprint density at radius 2 is 1.41 bits per heavy atom. The van der Waals surface area contributed by atoms with E-state index in [9.17, 15) is 8.42 Å². The van der Waals surface area contributed by atoms with Crippen molar-refractivity contribution in [3.05, 3.63) is 65.7 Å². The molecule has 0 aliphatic carbocycles. The Kier molecular flexibility index (Phi) is 5.71. The molecule has 0 saturated carbocycles. The minimum atomic E-state index is -3.68. The van der Waals surface area contributed by atoms with Gasteiger partial charge in [-0.15, -0.1) is 0 Å². The number of hydrogen-bond acceptors (Lipinski definition) is 4. The van der Waals surface area contributed by atoms with E-state index < -0.39 is 10.1 Å². The second-order valence-corrected chi connectivity index (χ2v) is 6.79. The Morgan fingerprint density at radius 1 is 0.864 bits per heavy atom. The molecule has 2 aromatic carbocycles. The van der Waals surface area contributed by atoms with Crippen LogP contribution in [-0.2, 0) is 32.3 Å². The fourth-order valence-electron chi connectivity index (χ4n) is 1.92. The van der Waals surface area contributed by atoms with E-state index in [1.165, 1.54) is 0 Å². The number of hydrogen-bond donors (Lipinski definition) is 0. The van der Waals surface area contributed by atoms with Gasteiger partial charge in [-0.25, -0.2) is 0 Å². The molecule has 0 N–H and O–H groups in total. The van der Waals surface area contributed by atoms with Crippen LogP contribution < -0.4 is 0 Å². The number of benzene rings is 2. The lowest BCUT2D eigenvalue weighted by Crippen LogP contribution is -2.12. The summed E-state index contributed by atoms with van der Waals surface area (Å²) in [6.45, 7) is 4.32. The first-order valence-electron chi connectivity index (χ1n) is 7.11. The Hall–Kier alpha value is -1.69. The van der Waals surface area contributed by atoms with Gasteiger partial charge >= 0.3 is 0 Å². The molecule has 0 aliphatic rings. The molecule has 0 fully saturated rings. The maximum absolute atomic E-state index is 11.9. The van der Waals surface area contributed by atoms with E-state index in [0.29, 0.717) is 13.2 Å². The molecule has 0 unspecified atom stereocenters. The first-order chi connectivity index (χ1) is 10.5. The summed E-state index contributed by atoms with van der Waals surface area (Å²) in [5.74, 6) is 0. The third-order valence-electron chi connectivity index (χ3n) is 2.91. The van der Waals surface area contributed by atoms with Gasteiger partial charge in [0.15, 0.2) is 0 Å². The second-order valence-electron chi connectivity index (χ2n) is 5.22. The maximum atomic E-state index is 11.9. The fraction of sp³-hybridized carbons (Fsp3) is 0.294. The van der Waals surface area contributed by atoms with E-state index in [2.05, 4.69) is 0 Å². The highest BCUT2D eigenvalue weighted by Crippen LogP contribution is 2.16. The molecule has 0 bridgehead atoms. The van der Waals surface area contributed by atoms with Crippen molar-refractivity contribution in [3.63, 3.8) is 0 Å². The van der Waals surface area contributed by atoms with Gasteiger partial charge in [0.25, 0.3) is 10.1 Å². The molecular weight excluding hydrogens is 300 g/mol. The number of ether oxygens (including phenoxy) is 1. The second kappa shape index (κ2) is 7.54. The summed E-state index contributed by atoms with van der Waals surface area (Å²) in [7, 11) is -3.68. The van der Waals surface area contributed by atoms with Gasteiger partial charge in [-0.1, -0.05) is 42.5 Å². The first-order valence-corrected chi connectivity index (χ1v) is 8.52. The van der Waals surface area contributed by atoms with Crippen LogP contribution in [0.25, 0.3) is 0 Å². The standard InChI is InChI=1S/C17H20O4S/c1-14(2)21-22(18,19)17-10-8-16(9-11-17)13-20-12-15-6-4-3-5-7-15/h3-11,14H,12-13H2,1-2H3. The third kappa shape index (κ3) is 4.94. The SMILES string of the molecule is CC(C)OS(=O)(=O)c1ccc(COCc2ccccc2)cc1. The molecule has 118 valence electrons. The molecule has 2 rings (SSSR count). The van der Waals surface area contributed by atoms with Crippen molar-refractivity contribution in [1.29, 1.82) is 0 Å². The van der Waals surface area contributed by atoms with Crippen molar-refractivity contribution in [2.75, 3.05) is 0 Å². The van der Waals surface area contributed by atoms with Crippen LogP contribution in [0.15, 0.2) is 59.5 Å². The van der Waals surface area contributed by atoms with Crippen LogP contribution in [0, 0.1) is 0 Å². The van der Waals surface area contributed by atoms with Crippen LogP contribution in [-0.4, -0.2) is 14.5 Å². The van der Waals surface area contributed by atoms with Gasteiger partial charge in [0.2, 0.25) is 0 Å². The van der Waals surface area contributed by atoms with E-state index in [1.54, 1.807) is 38.1 Å². The molecule has 0 aliphatic heterocycles. The Labute approximate surface area is 131 Å². The minimum Gasteiger partial charge on any atom is -0.372 e. The highest BCUT2D eigenvalue weighted by molar-refractivity contribution is 7.86. The van der Waals surface area contributed by atoms with Crippen molar-refractivity contribution in [2.24, 2.45) is 0 Å². The monoisotopic (exact) mass is 320 g/mol. The molecule has 0 radical (unpaired) electrons. The molecule has 0 amide bonds. The Balaban J connectivity index is 1.92. The summed E-state index contributed by atoms with van der Waals surface area (Å²) in [6.07, 6.45) is -0.376. The van der Waals surface area contributed by atoms with Crippen molar-refractivity contribution < 1.29 is 17.3 Å². The summed E-state index contributed by atoms with van der Waals surface area (Å²) in [5, 5.41) is 0. The molecule has 0 spiro atoms. The average Bonchev–Trinajstić information content (AvgIpc) is 2.47. The van der Waals surface area contributed by atoms with Crippen molar-refractivity contribution in [2.45, 2.75) is 38.1 Å². The van der Waals surface area contributed by atoms with Crippen LogP contribution in [0.1, 0.15) is 25.0 Å². The molecule has 0 atom stereocenters. The summed E-state index contributed by atoms with van der Waals surface area (Å²) in [5.41, 5.74) is 2.02. The van der Waals surface area contributed by atoms with Crippen LogP contribution in [0.4, 0.5) is 0 Å². The number of rotatable bonds is 7. The zero-order valence-corrected chi connectivity index (χ0v) is 13.5. The van der Waals surface area contributed by atoms with Gasteiger partial charge in [0.05, 0.1) is 24.2 Å². The highest BCUT2D eigenvalue weighted by atomic mass is 32.2. The zero-order valence-electron chi connectivity index (χ0n) is 12.7. The van der Waals surface area contributed by atoms with Crippen LogP contribution in [0.2, 0.25) is 0 Å². The highest BCUT2D eigenvalue weighted by Gasteiger charge is 2.16. The van der Waals surface area contributed by atoms with Gasteiger partial charge in [-0.05, 0) is 37.1 Å². The van der Waals surface area contributed by atoms with Gasteiger partial charge in [-0.3, -0.25) is 4.18 Å². The lowest BCUT2D eigenvalue weighted by molar-refractivity contribution is 0.107. The predicted octanol–water partition coefficient (Wildman–Crippen LogP) is 3.52. The van der Waals surface area contributed by atoms with Crippen molar-refractivity contribution >= 4 is 10.1 Å². The summed E-state index contributed by atoms with van der Waals surface area (Å²) < 4.78 is 34.4. The van der Waals surface area contributed by atoms with Crippen LogP contribution in [0.3, 0.4) is 0 Å². The first kappa shape index (κ1) is 16.7. The lowest BCUT2D eigenvalue weighted by atomic mass is 10.2. The summed E-state index contributed by atoms with van der Waals surface area (Å²) in [4.78, 5) is 0.160.